The van der Waals surface area contributed by atoms with Crippen molar-refractivity contribution in [3.8, 4) is 0 Å². The van der Waals surface area contributed by atoms with E-state index in [1.165, 1.54) is 35.4 Å². The van der Waals surface area contributed by atoms with Crippen molar-refractivity contribution in [1.82, 2.24) is 30.4 Å². The number of piperazine rings is 1. The topological polar surface area (TPSA) is 125 Å². The fourth-order valence-electron chi connectivity index (χ4n) is 3.29. The highest BCUT2D eigenvalue weighted by Crippen LogP contribution is 2.15. The minimum absolute atomic E-state index is 0.0783. The molecule has 2 aliphatic rings. The first kappa shape index (κ1) is 18.7. The number of nitrogens with zero attached hydrogens (tertiary/aromatic N) is 4. The van der Waals surface area contributed by atoms with Crippen molar-refractivity contribution >= 4 is 23.6 Å². The summed E-state index contributed by atoms with van der Waals surface area (Å²) in [6, 6.07) is -1.51. The number of nitrogens with one attached hydrogen (secondary N) is 2. The average molecular weight is 374 g/mol. The summed E-state index contributed by atoms with van der Waals surface area (Å²) in [5, 5.41) is 5.43. The molecule has 10 heteroatoms. The van der Waals surface area contributed by atoms with Gasteiger partial charge in [-0.15, -0.1) is 0 Å². The molecule has 1 aromatic rings. The Morgan fingerprint density at radius 2 is 1.96 bits per heavy atom. The van der Waals surface area contributed by atoms with Gasteiger partial charge in [0.05, 0.1) is 12.1 Å². The first-order chi connectivity index (χ1) is 13.0. The van der Waals surface area contributed by atoms with Crippen LogP contribution in [0.4, 0.5) is 0 Å². The zero-order valence-electron chi connectivity index (χ0n) is 15.1. The molecule has 0 aliphatic carbocycles. The molecule has 10 nitrogen and oxygen atoms in total. The molecule has 144 valence electrons. The third-order valence-electron chi connectivity index (χ3n) is 4.80. The van der Waals surface area contributed by atoms with E-state index in [9.17, 15) is 19.2 Å². The minimum Gasteiger partial charge on any atom is -0.354 e. The van der Waals surface area contributed by atoms with Crippen LogP contribution in [0.5, 0.6) is 0 Å². The van der Waals surface area contributed by atoms with Crippen LogP contribution < -0.4 is 10.6 Å². The average Bonchev–Trinajstić information content (AvgIpc) is 2.69. The fraction of sp³-hybridized carbons (Fsp3) is 0.529. The molecule has 0 saturated carbocycles. The second-order valence-corrected chi connectivity index (χ2v) is 6.60. The van der Waals surface area contributed by atoms with Crippen LogP contribution in [0.15, 0.2) is 18.7 Å². The van der Waals surface area contributed by atoms with E-state index in [-0.39, 0.29) is 36.4 Å². The van der Waals surface area contributed by atoms with Gasteiger partial charge in [0.1, 0.15) is 18.4 Å². The molecule has 3 rings (SSSR count). The van der Waals surface area contributed by atoms with Crippen LogP contribution in [-0.2, 0) is 14.4 Å². The van der Waals surface area contributed by atoms with Crippen LogP contribution >= 0.6 is 0 Å². The van der Waals surface area contributed by atoms with E-state index in [1.54, 1.807) is 0 Å². The molecule has 1 aromatic heterocycles. The molecule has 2 saturated heterocycles. The zero-order valence-corrected chi connectivity index (χ0v) is 15.1. The molecule has 0 radical (unpaired) electrons. The largest absolute Gasteiger partial charge is 0.354 e. The minimum atomic E-state index is -0.884. The number of hydrogen-bond donors (Lipinski definition) is 2. The first-order valence-corrected chi connectivity index (χ1v) is 8.87. The Kier molecular flexibility index (Phi) is 5.63. The number of rotatable bonds is 3. The molecule has 2 aliphatic heterocycles. The second-order valence-electron chi connectivity index (χ2n) is 6.60. The van der Waals surface area contributed by atoms with E-state index in [0.29, 0.717) is 19.5 Å². The number of piperidine rings is 1. The van der Waals surface area contributed by atoms with Gasteiger partial charge in [-0.2, -0.15) is 0 Å². The van der Waals surface area contributed by atoms with Crippen molar-refractivity contribution in [3.05, 3.63) is 24.3 Å². The molecule has 0 aromatic carbocycles. The van der Waals surface area contributed by atoms with E-state index in [1.807, 2.05) is 0 Å². The fourth-order valence-corrected chi connectivity index (χ4v) is 3.29. The third-order valence-corrected chi connectivity index (χ3v) is 4.80. The van der Waals surface area contributed by atoms with Gasteiger partial charge >= 0.3 is 0 Å². The Bertz CT molecular complexity index is 740. The van der Waals surface area contributed by atoms with Crippen molar-refractivity contribution in [2.45, 2.75) is 31.8 Å². The van der Waals surface area contributed by atoms with Gasteiger partial charge in [-0.1, -0.05) is 0 Å². The summed E-state index contributed by atoms with van der Waals surface area (Å²) in [6.07, 6.45) is 5.40. The van der Waals surface area contributed by atoms with Crippen LogP contribution in [0.1, 0.15) is 30.1 Å². The third kappa shape index (κ3) is 4.21. The summed E-state index contributed by atoms with van der Waals surface area (Å²) in [7, 11) is 0. The predicted molar refractivity (Wildman–Crippen MR) is 93.3 cm³/mol. The summed E-state index contributed by atoms with van der Waals surface area (Å²) in [4.78, 5) is 60.0. The van der Waals surface area contributed by atoms with Crippen molar-refractivity contribution in [2.75, 3.05) is 26.2 Å². The molecule has 0 bridgehead atoms. The highest BCUT2D eigenvalue weighted by Gasteiger charge is 2.38. The first-order valence-electron chi connectivity index (χ1n) is 8.87. The van der Waals surface area contributed by atoms with E-state index in [4.69, 9.17) is 0 Å². The molecule has 2 fully saturated rings. The van der Waals surface area contributed by atoms with Crippen molar-refractivity contribution in [3.63, 3.8) is 0 Å². The van der Waals surface area contributed by atoms with Crippen molar-refractivity contribution in [2.24, 2.45) is 0 Å². The summed E-state index contributed by atoms with van der Waals surface area (Å²) >= 11 is 0. The lowest BCUT2D eigenvalue weighted by atomic mass is 10.0. The van der Waals surface area contributed by atoms with Crippen LogP contribution in [-0.4, -0.2) is 81.7 Å². The summed E-state index contributed by atoms with van der Waals surface area (Å²) in [6.45, 7) is 2.64. The zero-order chi connectivity index (χ0) is 19.4. The monoisotopic (exact) mass is 374 g/mol. The Balaban J connectivity index is 1.78. The van der Waals surface area contributed by atoms with Crippen molar-refractivity contribution < 1.29 is 19.2 Å². The highest BCUT2D eigenvalue weighted by molar-refractivity contribution is 5.98. The van der Waals surface area contributed by atoms with E-state index in [0.717, 1.165) is 6.42 Å². The Morgan fingerprint density at radius 1 is 1.22 bits per heavy atom. The molecule has 27 heavy (non-hydrogen) atoms. The quantitative estimate of drug-likeness (QED) is 0.667. The Labute approximate surface area is 156 Å². The number of carbonyl (C=O) groups is 4. The lowest BCUT2D eigenvalue weighted by Crippen LogP contribution is -2.63. The van der Waals surface area contributed by atoms with Crippen LogP contribution in [0.25, 0.3) is 0 Å². The molecule has 2 atom stereocenters. The number of hydrogen-bond acceptors (Lipinski definition) is 6. The molecule has 2 N–H and O–H groups in total. The maximum atomic E-state index is 12.9. The maximum Gasteiger partial charge on any atom is 0.257 e. The normalized spacial score (nSPS) is 22.8. The Morgan fingerprint density at radius 3 is 2.63 bits per heavy atom. The molecule has 0 unspecified atom stereocenters. The molecule has 0 spiro atoms. The van der Waals surface area contributed by atoms with Gasteiger partial charge in [0.25, 0.3) is 5.91 Å². The standard InChI is InChI=1S/C17H22N6O4/c1-11(24)22-5-6-23(17(27)12-7-18-10-19-8-12)14(9-22)16(26)21-13-3-2-4-20-15(13)25/h7-8,10,13-14H,2-6,9H2,1H3,(H,20,25)(H,21,26)/t13-,14-/m1/s1. The summed E-state index contributed by atoms with van der Waals surface area (Å²) in [5.41, 5.74) is 0.266. The smallest absolute Gasteiger partial charge is 0.257 e. The summed E-state index contributed by atoms with van der Waals surface area (Å²) in [5.74, 6) is -1.23. The van der Waals surface area contributed by atoms with Gasteiger partial charge in [0, 0.05) is 39.0 Å². The molecular weight excluding hydrogens is 352 g/mol. The van der Waals surface area contributed by atoms with E-state index in [2.05, 4.69) is 20.6 Å². The van der Waals surface area contributed by atoms with Gasteiger partial charge in [0.2, 0.25) is 17.7 Å². The van der Waals surface area contributed by atoms with Gasteiger partial charge in [-0.3, -0.25) is 19.2 Å². The van der Waals surface area contributed by atoms with Gasteiger partial charge in [-0.25, -0.2) is 9.97 Å². The van der Waals surface area contributed by atoms with Gasteiger partial charge in [-0.05, 0) is 12.8 Å². The van der Waals surface area contributed by atoms with E-state index < -0.39 is 18.0 Å². The SMILES string of the molecule is CC(=O)N1CCN(C(=O)c2cncnc2)[C@@H](C(=O)N[C@@H]2CCCNC2=O)C1. The highest BCUT2D eigenvalue weighted by atomic mass is 16.2. The van der Waals surface area contributed by atoms with Crippen LogP contribution in [0.2, 0.25) is 0 Å². The lowest BCUT2D eigenvalue weighted by molar-refractivity contribution is -0.137. The summed E-state index contributed by atoms with van der Waals surface area (Å²) < 4.78 is 0. The molecule has 4 amide bonds. The number of carbonyl (C=O) groups excluding carboxylic acids is 4. The second kappa shape index (κ2) is 8.11. The number of aromatic nitrogens is 2. The maximum absolute atomic E-state index is 12.9. The number of amides is 4. The van der Waals surface area contributed by atoms with Crippen molar-refractivity contribution in [1.29, 1.82) is 0 Å². The lowest BCUT2D eigenvalue weighted by Gasteiger charge is -2.40. The van der Waals surface area contributed by atoms with Crippen LogP contribution in [0, 0.1) is 0 Å². The van der Waals surface area contributed by atoms with Gasteiger partial charge in [0.15, 0.2) is 0 Å². The molecule has 3 heterocycles. The Hall–Kier alpha value is -3.04. The molecular formula is C17H22N6O4. The van der Waals surface area contributed by atoms with Gasteiger partial charge < -0.3 is 20.4 Å². The van der Waals surface area contributed by atoms with E-state index >= 15 is 0 Å². The van der Waals surface area contributed by atoms with Crippen LogP contribution in [0.3, 0.4) is 0 Å². The predicted octanol–water partition coefficient (Wildman–Crippen LogP) is -1.46.